The van der Waals surface area contributed by atoms with Crippen molar-refractivity contribution in [2.75, 3.05) is 6.61 Å². The van der Waals surface area contributed by atoms with Crippen LogP contribution in [0.3, 0.4) is 0 Å². The van der Waals surface area contributed by atoms with Crippen molar-refractivity contribution in [3.8, 4) is 0 Å². The molecule has 0 saturated heterocycles. The highest BCUT2D eigenvalue weighted by Crippen LogP contribution is 2.36. The van der Waals surface area contributed by atoms with Gasteiger partial charge in [-0.05, 0) is 37.4 Å². The summed E-state index contributed by atoms with van der Waals surface area (Å²) in [6.45, 7) is 15.7. The Bertz CT molecular complexity index is 407. The molecule has 0 spiro atoms. The zero-order chi connectivity index (χ0) is 15.9. The summed E-state index contributed by atoms with van der Waals surface area (Å²) < 4.78 is 8.53. The second kappa shape index (κ2) is 8.13. The largest absolute Gasteiger partial charge is 0.417 e. The minimum absolute atomic E-state index is 0.310. The molecule has 0 aliphatic heterocycles. The maximum absolute atomic E-state index is 6.22. The third-order valence-corrected chi connectivity index (χ3v) is 9.16. The van der Waals surface area contributed by atoms with E-state index < -0.39 is 8.32 Å². The van der Waals surface area contributed by atoms with Crippen molar-refractivity contribution in [1.29, 1.82) is 0 Å². The van der Waals surface area contributed by atoms with Gasteiger partial charge in [0.15, 0.2) is 8.32 Å². The number of unbranched alkanes of at least 4 members (excludes halogenated alkanes) is 2. The molecule has 1 rings (SSSR count). The van der Waals surface area contributed by atoms with E-state index in [1.54, 1.807) is 0 Å². The predicted octanol–water partition coefficient (Wildman–Crippen LogP) is 5.03. The molecule has 0 aliphatic carbocycles. The fourth-order valence-electron chi connectivity index (χ4n) is 2.03. The van der Waals surface area contributed by atoms with E-state index in [-0.39, 0.29) is 0 Å². The fourth-order valence-corrected chi connectivity index (χ4v) is 3.12. The third-order valence-electron chi connectivity index (χ3n) is 4.62. The van der Waals surface area contributed by atoms with Gasteiger partial charge in [0.1, 0.15) is 5.82 Å². The molecule has 0 amide bonds. The molecule has 0 fully saturated rings. The van der Waals surface area contributed by atoms with Crippen LogP contribution in [0.4, 0.5) is 0 Å². The molecule has 122 valence electrons. The number of imidazole rings is 1. The van der Waals surface area contributed by atoms with E-state index in [0.717, 1.165) is 26.0 Å². The lowest BCUT2D eigenvalue weighted by molar-refractivity contribution is 0.276. The van der Waals surface area contributed by atoms with Crippen LogP contribution < -0.4 is 0 Å². The number of hydrogen-bond donors (Lipinski definition) is 0. The molecular formula is C17H34N2OSi. The first kappa shape index (κ1) is 18.4. The van der Waals surface area contributed by atoms with Gasteiger partial charge in [0, 0.05) is 32.0 Å². The van der Waals surface area contributed by atoms with Gasteiger partial charge in [0.2, 0.25) is 0 Å². The Morgan fingerprint density at radius 1 is 1.19 bits per heavy atom. The summed E-state index contributed by atoms with van der Waals surface area (Å²) in [5.41, 5.74) is 0. The minimum Gasteiger partial charge on any atom is -0.417 e. The van der Waals surface area contributed by atoms with Crippen molar-refractivity contribution in [2.24, 2.45) is 0 Å². The Morgan fingerprint density at radius 2 is 1.90 bits per heavy atom. The smallest absolute Gasteiger partial charge is 0.191 e. The number of hydrogen-bond acceptors (Lipinski definition) is 2. The summed E-state index contributed by atoms with van der Waals surface area (Å²) in [4.78, 5) is 4.46. The maximum atomic E-state index is 6.22. The highest BCUT2D eigenvalue weighted by Gasteiger charge is 2.36. The Hall–Kier alpha value is -0.613. The molecule has 0 bridgehead atoms. The summed E-state index contributed by atoms with van der Waals surface area (Å²) in [6, 6.07) is 0. The fraction of sp³-hybridized carbons (Fsp3) is 0.824. The van der Waals surface area contributed by atoms with Crippen molar-refractivity contribution < 1.29 is 4.43 Å². The summed E-state index contributed by atoms with van der Waals surface area (Å²) in [5.74, 6) is 1.24. The molecule has 0 aliphatic rings. The van der Waals surface area contributed by atoms with E-state index in [9.17, 15) is 0 Å². The topological polar surface area (TPSA) is 27.1 Å². The van der Waals surface area contributed by atoms with Gasteiger partial charge >= 0.3 is 0 Å². The second-order valence-electron chi connectivity index (χ2n) is 7.46. The molecule has 0 unspecified atom stereocenters. The molecule has 4 heteroatoms. The van der Waals surface area contributed by atoms with Crippen molar-refractivity contribution in [3.63, 3.8) is 0 Å². The van der Waals surface area contributed by atoms with E-state index in [4.69, 9.17) is 4.43 Å². The van der Waals surface area contributed by atoms with E-state index in [2.05, 4.69) is 56.5 Å². The molecule has 3 nitrogen and oxygen atoms in total. The van der Waals surface area contributed by atoms with Gasteiger partial charge in [-0.1, -0.05) is 34.1 Å². The molecule has 0 radical (unpaired) electrons. The van der Waals surface area contributed by atoms with E-state index >= 15 is 0 Å². The molecule has 0 saturated carbocycles. The van der Waals surface area contributed by atoms with E-state index in [1.807, 2.05) is 6.20 Å². The molecule has 21 heavy (non-hydrogen) atoms. The van der Waals surface area contributed by atoms with Crippen LogP contribution in [0.5, 0.6) is 0 Å². The average Bonchev–Trinajstić information content (AvgIpc) is 2.82. The zero-order valence-corrected chi connectivity index (χ0v) is 15.9. The average molecular weight is 311 g/mol. The van der Waals surface area contributed by atoms with Crippen LogP contribution in [0.2, 0.25) is 18.1 Å². The molecule has 1 aromatic heterocycles. The maximum Gasteiger partial charge on any atom is 0.191 e. The first-order valence-corrected chi connectivity index (χ1v) is 11.3. The van der Waals surface area contributed by atoms with Gasteiger partial charge in [-0.2, -0.15) is 0 Å². The summed E-state index contributed by atoms with van der Waals surface area (Å²) in [7, 11) is -1.57. The number of rotatable bonds is 9. The number of nitrogens with zero attached hydrogens (tertiary/aromatic N) is 2. The van der Waals surface area contributed by atoms with Gasteiger partial charge in [-0.15, -0.1) is 0 Å². The SMILES string of the molecule is CCCCc1nccn1CCCCO[Si](C)(C)C(C)(C)C. The van der Waals surface area contributed by atoms with Crippen LogP contribution in [0, 0.1) is 0 Å². The normalized spacial score (nSPS) is 12.9. The van der Waals surface area contributed by atoms with E-state index in [0.29, 0.717) is 5.04 Å². The van der Waals surface area contributed by atoms with Gasteiger partial charge in [-0.3, -0.25) is 0 Å². The number of aromatic nitrogens is 2. The monoisotopic (exact) mass is 310 g/mol. The zero-order valence-electron chi connectivity index (χ0n) is 14.9. The van der Waals surface area contributed by atoms with Crippen molar-refractivity contribution >= 4 is 8.32 Å². The lowest BCUT2D eigenvalue weighted by atomic mass is 10.2. The lowest BCUT2D eigenvalue weighted by Crippen LogP contribution is -2.40. The van der Waals surface area contributed by atoms with Crippen LogP contribution in [-0.4, -0.2) is 24.5 Å². The van der Waals surface area contributed by atoms with Crippen molar-refractivity contribution in [2.45, 2.75) is 84.5 Å². The Morgan fingerprint density at radius 3 is 2.52 bits per heavy atom. The molecule has 0 N–H and O–H groups in total. The highest BCUT2D eigenvalue weighted by atomic mass is 28.4. The van der Waals surface area contributed by atoms with Crippen LogP contribution in [0.15, 0.2) is 12.4 Å². The van der Waals surface area contributed by atoms with Gasteiger partial charge in [-0.25, -0.2) is 4.98 Å². The number of aryl methyl sites for hydroxylation is 2. The first-order chi connectivity index (χ1) is 9.78. The molecule has 0 atom stereocenters. The summed E-state index contributed by atoms with van der Waals surface area (Å²) in [6.07, 6.45) is 9.90. The van der Waals surface area contributed by atoms with Gasteiger partial charge in [0.05, 0.1) is 0 Å². The standard InChI is InChI=1S/C17H34N2OSi/c1-7-8-11-16-18-12-14-19(16)13-9-10-15-20-21(5,6)17(2,3)4/h12,14H,7-11,13,15H2,1-6H3. The Labute approximate surface area is 132 Å². The van der Waals surface area contributed by atoms with Gasteiger partial charge in [0.25, 0.3) is 0 Å². The summed E-state index contributed by atoms with van der Waals surface area (Å²) >= 11 is 0. The van der Waals surface area contributed by atoms with Crippen molar-refractivity contribution in [1.82, 2.24) is 9.55 Å². The quantitative estimate of drug-likeness (QED) is 0.472. The first-order valence-electron chi connectivity index (χ1n) is 8.42. The molecule has 1 heterocycles. The molecule has 0 aromatic carbocycles. The second-order valence-corrected chi connectivity index (χ2v) is 12.3. The van der Waals surface area contributed by atoms with Gasteiger partial charge < -0.3 is 8.99 Å². The Balaban J connectivity index is 2.27. The lowest BCUT2D eigenvalue weighted by Gasteiger charge is -2.36. The van der Waals surface area contributed by atoms with Crippen LogP contribution >= 0.6 is 0 Å². The minimum atomic E-state index is -1.57. The van der Waals surface area contributed by atoms with Crippen LogP contribution in [0.1, 0.15) is 59.2 Å². The predicted molar refractivity (Wildman–Crippen MR) is 93.2 cm³/mol. The third kappa shape index (κ3) is 5.95. The summed E-state index contributed by atoms with van der Waals surface area (Å²) in [5, 5.41) is 0.310. The van der Waals surface area contributed by atoms with Crippen LogP contribution in [-0.2, 0) is 17.4 Å². The van der Waals surface area contributed by atoms with Crippen LogP contribution in [0.25, 0.3) is 0 Å². The highest BCUT2D eigenvalue weighted by molar-refractivity contribution is 6.74. The van der Waals surface area contributed by atoms with E-state index in [1.165, 1.54) is 25.1 Å². The molecular weight excluding hydrogens is 276 g/mol. The molecule has 1 aromatic rings. The Kier molecular flexibility index (Phi) is 7.14. The van der Waals surface area contributed by atoms with Crippen molar-refractivity contribution in [3.05, 3.63) is 18.2 Å².